The second-order valence-corrected chi connectivity index (χ2v) is 4.61. The lowest BCUT2D eigenvalue weighted by atomic mass is 9.77. The molecule has 0 bridgehead atoms. The molecule has 0 aromatic heterocycles. The van der Waals surface area contributed by atoms with E-state index in [1.165, 1.54) is 22.3 Å². The smallest absolute Gasteiger partial charge is 0.137 e. The van der Waals surface area contributed by atoms with Crippen molar-refractivity contribution in [1.82, 2.24) is 0 Å². The summed E-state index contributed by atoms with van der Waals surface area (Å²) in [5, 5.41) is 0. The van der Waals surface area contributed by atoms with Crippen molar-refractivity contribution in [2.24, 2.45) is 0 Å². The van der Waals surface area contributed by atoms with Gasteiger partial charge in [-0.3, -0.25) is 4.79 Å². The van der Waals surface area contributed by atoms with E-state index in [9.17, 15) is 4.79 Å². The lowest BCUT2D eigenvalue weighted by Gasteiger charge is -2.26. The molecule has 84 valence electrons. The molecule has 0 spiro atoms. The van der Waals surface area contributed by atoms with Crippen LogP contribution in [0, 0.1) is 0 Å². The zero-order valence-corrected chi connectivity index (χ0v) is 9.81. The summed E-state index contributed by atoms with van der Waals surface area (Å²) in [5.41, 5.74) is 4.96. The highest BCUT2D eigenvalue weighted by Crippen LogP contribution is 2.39. The van der Waals surface area contributed by atoms with Crippen LogP contribution in [0.25, 0.3) is 11.1 Å². The van der Waals surface area contributed by atoms with Crippen molar-refractivity contribution in [3.05, 3.63) is 59.7 Å². The molecule has 0 N–H and O–H groups in total. The molecule has 0 heterocycles. The lowest BCUT2D eigenvalue weighted by Crippen LogP contribution is -2.17. The fraction of sp³-hybridized carbons (Fsp3) is 0.188. The minimum Gasteiger partial charge on any atom is -0.299 e. The van der Waals surface area contributed by atoms with E-state index in [0.29, 0.717) is 0 Å². The standard InChI is InChI=1S/C16H14O/c1-11(17)16-10-12-6-2-3-7-13(12)14-8-4-5-9-15(14)16/h2-9,16H,10H2,1H3. The van der Waals surface area contributed by atoms with Crippen LogP contribution < -0.4 is 0 Å². The molecule has 17 heavy (non-hydrogen) atoms. The van der Waals surface area contributed by atoms with E-state index in [4.69, 9.17) is 0 Å². The first-order chi connectivity index (χ1) is 8.27. The molecule has 3 rings (SSSR count). The first-order valence-electron chi connectivity index (χ1n) is 5.95. The van der Waals surface area contributed by atoms with Gasteiger partial charge in [-0.05, 0) is 35.6 Å². The Labute approximate surface area is 101 Å². The maximum atomic E-state index is 11.8. The Balaban J connectivity index is 2.26. The Morgan fingerprint density at radius 1 is 1.00 bits per heavy atom. The largest absolute Gasteiger partial charge is 0.299 e. The summed E-state index contributed by atoms with van der Waals surface area (Å²) >= 11 is 0. The lowest BCUT2D eigenvalue weighted by molar-refractivity contribution is -0.118. The van der Waals surface area contributed by atoms with Crippen molar-refractivity contribution in [3.63, 3.8) is 0 Å². The first-order valence-corrected chi connectivity index (χ1v) is 5.95. The van der Waals surface area contributed by atoms with E-state index in [1.54, 1.807) is 6.92 Å². The topological polar surface area (TPSA) is 17.1 Å². The molecule has 1 atom stereocenters. The number of Topliss-reactive ketones (excluding diaryl/α,β-unsaturated/α-hetero) is 1. The Hall–Kier alpha value is -1.89. The van der Waals surface area contributed by atoms with Crippen molar-refractivity contribution in [2.45, 2.75) is 19.3 Å². The maximum Gasteiger partial charge on any atom is 0.137 e. The SMILES string of the molecule is CC(=O)C1Cc2ccccc2-c2ccccc21. The van der Waals surface area contributed by atoms with Crippen LogP contribution in [0.15, 0.2) is 48.5 Å². The number of rotatable bonds is 1. The predicted octanol–water partition coefficient (Wildman–Crippen LogP) is 3.58. The third-order valence-electron chi connectivity index (χ3n) is 3.56. The molecule has 0 aliphatic heterocycles. The maximum absolute atomic E-state index is 11.8. The van der Waals surface area contributed by atoms with Gasteiger partial charge < -0.3 is 0 Å². The second kappa shape index (κ2) is 3.85. The fourth-order valence-electron chi connectivity index (χ4n) is 2.70. The van der Waals surface area contributed by atoms with E-state index in [2.05, 4.69) is 30.3 Å². The van der Waals surface area contributed by atoms with E-state index in [1.807, 2.05) is 18.2 Å². The summed E-state index contributed by atoms with van der Waals surface area (Å²) in [6.45, 7) is 1.69. The summed E-state index contributed by atoms with van der Waals surface area (Å²) in [6, 6.07) is 16.6. The number of carbonyl (C=O) groups is 1. The van der Waals surface area contributed by atoms with E-state index in [0.717, 1.165) is 6.42 Å². The molecule has 0 saturated carbocycles. The van der Waals surface area contributed by atoms with Crippen LogP contribution in [0.1, 0.15) is 24.0 Å². The summed E-state index contributed by atoms with van der Waals surface area (Å²) < 4.78 is 0. The van der Waals surface area contributed by atoms with Gasteiger partial charge in [0.1, 0.15) is 5.78 Å². The minimum absolute atomic E-state index is 0.0288. The Kier molecular flexibility index (Phi) is 2.32. The average Bonchev–Trinajstić information content (AvgIpc) is 2.37. The van der Waals surface area contributed by atoms with Crippen molar-refractivity contribution in [3.8, 4) is 11.1 Å². The molecule has 0 radical (unpaired) electrons. The highest BCUT2D eigenvalue weighted by molar-refractivity contribution is 5.89. The van der Waals surface area contributed by atoms with Crippen LogP contribution in [0.4, 0.5) is 0 Å². The third-order valence-corrected chi connectivity index (χ3v) is 3.56. The molecule has 1 aliphatic rings. The number of ketones is 1. The van der Waals surface area contributed by atoms with Crippen molar-refractivity contribution < 1.29 is 4.79 Å². The normalized spacial score (nSPS) is 17.1. The molecule has 0 saturated heterocycles. The quantitative estimate of drug-likeness (QED) is 0.720. The first kappa shape index (κ1) is 10.3. The van der Waals surface area contributed by atoms with Crippen molar-refractivity contribution in [1.29, 1.82) is 0 Å². The molecule has 2 aromatic carbocycles. The van der Waals surface area contributed by atoms with Gasteiger partial charge in [-0.25, -0.2) is 0 Å². The van der Waals surface area contributed by atoms with Gasteiger partial charge in [-0.2, -0.15) is 0 Å². The summed E-state index contributed by atoms with van der Waals surface area (Å²) in [5.74, 6) is 0.285. The van der Waals surface area contributed by atoms with E-state index in [-0.39, 0.29) is 11.7 Å². The molecule has 2 aromatic rings. The molecule has 1 aliphatic carbocycles. The Morgan fingerprint density at radius 2 is 1.65 bits per heavy atom. The highest BCUT2D eigenvalue weighted by atomic mass is 16.1. The van der Waals surface area contributed by atoms with E-state index >= 15 is 0 Å². The molecule has 1 nitrogen and oxygen atoms in total. The number of carbonyl (C=O) groups excluding carboxylic acids is 1. The summed E-state index contributed by atoms with van der Waals surface area (Å²) in [4.78, 5) is 11.8. The molecule has 0 fully saturated rings. The number of fused-ring (bicyclic) bond motifs is 3. The molecular weight excluding hydrogens is 208 g/mol. The van der Waals surface area contributed by atoms with Crippen LogP contribution >= 0.6 is 0 Å². The van der Waals surface area contributed by atoms with Gasteiger partial charge in [0.15, 0.2) is 0 Å². The summed E-state index contributed by atoms with van der Waals surface area (Å²) in [7, 11) is 0. The van der Waals surface area contributed by atoms with E-state index < -0.39 is 0 Å². The second-order valence-electron chi connectivity index (χ2n) is 4.61. The fourth-order valence-corrected chi connectivity index (χ4v) is 2.70. The van der Waals surface area contributed by atoms with Gasteiger partial charge in [0.2, 0.25) is 0 Å². The Bertz CT molecular complexity index is 584. The number of hydrogen-bond donors (Lipinski definition) is 0. The van der Waals surface area contributed by atoms with Crippen LogP contribution in [-0.4, -0.2) is 5.78 Å². The zero-order chi connectivity index (χ0) is 11.8. The molecular formula is C16H14O. The number of hydrogen-bond acceptors (Lipinski definition) is 1. The van der Waals surface area contributed by atoms with Crippen LogP contribution in [0.5, 0.6) is 0 Å². The van der Waals surface area contributed by atoms with Gasteiger partial charge in [0.05, 0.1) is 0 Å². The van der Waals surface area contributed by atoms with Crippen LogP contribution in [-0.2, 0) is 11.2 Å². The zero-order valence-electron chi connectivity index (χ0n) is 9.81. The molecule has 1 unspecified atom stereocenters. The van der Waals surface area contributed by atoms with Gasteiger partial charge in [-0.1, -0.05) is 48.5 Å². The number of benzene rings is 2. The van der Waals surface area contributed by atoms with Gasteiger partial charge >= 0.3 is 0 Å². The minimum atomic E-state index is 0.0288. The van der Waals surface area contributed by atoms with Crippen molar-refractivity contribution >= 4 is 5.78 Å². The van der Waals surface area contributed by atoms with Crippen molar-refractivity contribution in [2.75, 3.05) is 0 Å². The van der Waals surface area contributed by atoms with Gasteiger partial charge in [0.25, 0.3) is 0 Å². The molecule has 1 heteroatoms. The Morgan fingerprint density at radius 3 is 2.41 bits per heavy atom. The molecule has 0 amide bonds. The highest BCUT2D eigenvalue weighted by Gasteiger charge is 2.26. The van der Waals surface area contributed by atoms with Crippen LogP contribution in [0.2, 0.25) is 0 Å². The van der Waals surface area contributed by atoms with Gasteiger partial charge in [0, 0.05) is 5.92 Å². The summed E-state index contributed by atoms with van der Waals surface area (Å²) in [6.07, 6.45) is 0.836. The van der Waals surface area contributed by atoms with Crippen LogP contribution in [0.3, 0.4) is 0 Å². The van der Waals surface area contributed by atoms with Gasteiger partial charge in [-0.15, -0.1) is 0 Å². The monoisotopic (exact) mass is 222 g/mol. The predicted molar refractivity (Wildman–Crippen MR) is 69.0 cm³/mol. The average molecular weight is 222 g/mol. The third kappa shape index (κ3) is 1.59.